The van der Waals surface area contributed by atoms with Crippen molar-refractivity contribution in [3.63, 3.8) is 0 Å². The SMILES string of the molecule is CC(COCc1ccccc1)Cn1ccc(N)n1. The Balaban J connectivity index is 1.70. The summed E-state index contributed by atoms with van der Waals surface area (Å²) in [5.41, 5.74) is 6.77. The molecular weight excluding hydrogens is 226 g/mol. The Hall–Kier alpha value is -1.81. The molecule has 2 N–H and O–H groups in total. The summed E-state index contributed by atoms with van der Waals surface area (Å²) in [5.74, 6) is 0.973. The number of aromatic nitrogens is 2. The fourth-order valence-corrected chi connectivity index (χ4v) is 1.80. The van der Waals surface area contributed by atoms with Gasteiger partial charge in [0.2, 0.25) is 0 Å². The van der Waals surface area contributed by atoms with Crippen LogP contribution in [-0.2, 0) is 17.9 Å². The maximum atomic E-state index is 5.69. The van der Waals surface area contributed by atoms with Gasteiger partial charge in [-0.05, 0) is 17.5 Å². The lowest BCUT2D eigenvalue weighted by Crippen LogP contribution is -2.14. The molecule has 2 rings (SSSR count). The Morgan fingerprint density at radius 2 is 2.06 bits per heavy atom. The van der Waals surface area contributed by atoms with Gasteiger partial charge in [-0.3, -0.25) is 4.68 Å². The number of anilines is 1. The lowest BCUT2D eigenvalue weighted by Gasteiger charge is -2.12. The summed E-state index contributed by atoms with van der Waals surface area (Å²) in [4.78, 5) is 0. The molecule has 2 aromatic rings. The van der Waals surface area contributed by atoms with Crippen molar-refractivity contribution < 1.29 is 4.74 Å². The van der Waals surface area contributed by atoms with Crippen LogP contribution in [0.1, 0.15) is 12.5 Å². The molecule has 0 fully saturated rings. The third-order valence-corrected chi connectivity index (χ3v) is 2.67. The zero-order valence-corrected chi connectivity index (χ0v) is 10.6. The third-order valence-electron chi connectivity index (χ3n) is 2.67. The van der Waals surface area contributed by atoms with E-state index in [1.54, 1.807) is 6.07 Å². The minimum atomic E-state index is 0.410. The van der Waals surface area contributed by atoms with E-state index in [9.17, 15) is 0 Å². The van der Waals surface area contributed by atoms with E-state index in [0.29, 0.717) is 24.9 Å². The fourth-order valence-electron chi connectivity index (χ4n) is 1.80. The maximum absolute atomic E-state index is 5.69. The van der Waals surface area contributed by atoms with Crippen molar-refractivity contribution in [2.75, 3.05) is 12.3 Å². The highest BCUT2D eigenvalue weighted by Gasteiger charge is 2.04. The number of hydrogen-bond acceptors (Lipinski definition) is 3. The molecule has 0 bridgehead atoms. The van der Waals surface area contributed by atoms with Crippen LogP contribution in [-0.4, -0.2) is 16.4 Å². The van der Waals surface area contributed by atoms with E-state index in [1.165, 1.54) is 5.56 Å². The van der Waals surface area contributed by atoms with Crippen molar-refractivity contribution >= 4 is 5.82 Å². The average molecular weight is 245 g/mol. The summed E-state index contributed by atoms with van der Waals surface area (Å²) in [6.07, 6.45) is 1.89. The smallest absolute Gasteiger partial charge is 0.145 e. The maximum Gasteiger partial charge on any atom is 0.145 e. The van der Waals surface area contributed by atoms with Gasteiger partial charge in [0.05, 0.1) is 13.2 Å². The number of nitrogens with two attached hydrogens (primary N) is 1. The third kappa shape index (κ3) is 3.89. The molecule has 0 radical (unpaired) electrons. The molecular formula is C14H19N3O. The minimum absolute atomic E-state index is 0.410. The molecule has 0 aliphatic rings. The van der Waals surface area contributed by atoms with Gasteiger partial charge in [-0.15, -0.1) is 0 Å². The van der Waals surface area contributed by atoms with Gasteiger partial charge in [0, 0.05) is 12.7 Å². The molecule has 0 saturated heterocycles. The normalized spacial score (nSPS) is 12.5. The average Bonchev–Trinajstić information content (AvgIpc) is 2.76. The van der Waals surface area contributed by atoms with Gasteiger partial charge in [0.15, 0.2) is 0 Å². The number of hydrogen-bond donors (Lipinski definition) is 1. The number of rotatable bonds is 6. The molecule has 1 atom stereocenters. The first-order valence-corrected chi connectivity index (χ1v) is 6.14. The van der Waals surface area contributed by atoms with E-state index in [0.717, 1.165) is 6.54 Å². The Kier molecular flexibility index (Phi) is 4.36. The van der Waals surface area contributed by atoms with Crippen LogP contribution in [0.2, 0.25) is 0 Å². The summed E-state index contributed by atoms with van der Waals surface area (Å²) in [7, 11) is 0. The molecule has 0 spiro atoms. The summed E-state index contributed by atoms with van der Waals surface area (Å²) in [6, 6.07) is 12.0. The molecule has 0 aliphatic heterocycles. The number of nitrogens with zero attached hydrogens (tertiary/aromatic N) is 2. The molecule has 96 valence electrons. The number of nitrogen functional groups attached to an aromatic ring is 1. The fraction of sp³-hybridized carbons (Fsp3) is 0.357. The van der Waals surface area contributed by atoms with Crippen molar-refractivity contribution in [1.29, 1.82) is 0 Å². The number of ether oxygens (including phenoxy) is 1. The summed E-state index contributed by atoms with van der Waals surface area (Å²) in [5, 5.41) is 4.16. The van der Waals surface area contributed by atoms with Crippen LogP contribution in [0.4, 0.5) is 5.82 Å². The number of benzene rings is 1. The second-order valence-corrected chi connectivity index (χ2v) is 4.57. The first-order chi connectivity index (χ1) is 8.74. The van der Waals surface area contributed by atoms with Gasteiger partial charge >= 0.3 is 0 Å². The summed E-state index contributed by atoms with van der Waals surface area (Å²) < 4.78 is 7.54. The summed E-state index contributed by atoms with van der Waals surface area (Å²) >= 11 is 0. The van der Waals surface area contributed by atoms with Gasteiger partial charge in [-0.25, -0.2) is 0 Å². The van der Waals surface area contributed by atoms with Crippen LogP contribution in [0.15, 0.2) is 42.6 Å². The monoisotopic (exact) mass is 245 g/mol. The molecule has 4 heteroatoms. The quantitative estimate of drug-likeness (QED) is 0.849. The molecule has 1 aromatic heterocycles. The molecule has 1 heterocycles. The zero-order valence-electron chi connectivity index (χ0n) is 10.6. The van der Waals surface area contributed by atoms with E-state index in [1.807, 2.05) is 29.1 Å². The molecule has 0 amide bonds. The molecule has 4 nitrogen and oxygen atoms in total. The molecule has 1 unspecified atom stereocenters. The van der Waals surface area contributed by atoms with E-state index < -0.39 is 0 Å². The molecule has 0 aliphatic carbocycles. The minimum Gasteiger partial charge on any atom is -0.382 e. The van der Waals surface area contributed by atoms with Crippen molar-refractivity contribution in [2.45, 2.75) is 20.1 Å². The van der Waals surface area contributed by atoms with Gasteiger partial charge in [-0.2, -0.15) is 5.10 Å². The Bertz CT molecular complexity index is 467. The lowest BCUT2D eigenvalue weighted by molar-refractivity contribution is 0.0857. The molecule has 18 heavy (non-hydrogen) atoms. The van der Waals surface area contributed by atoms with Crippen LogP contribution in [0, 0.1) is 5.92 Å². The zero-order chi connectivity index (χ0) is 12.8. The predicted octanol–water partition coefficient (Wildman–Crippen LogP) is 2.32. The molecule has 1 aromatic carbocycles. The van der Waals surface area contributed by atoms with Crippen molar-refractivity contribution in [3.8, 4) is 0 Å². The van der Waals surface area contributed by atoms with Crippen molar-refractivity contribution in [3.05, 3.63) is 48.2 Å². The first-order valence-electron chi connectivity index (χ1n) is 6.14. The molecule has 0 saturated carbocycles. The highest BCUT2D eigenvalue weighted by molar-refractivity contribution is 5.23. The van der Waals surface area contributed by atoms with E-state index in [2.05, 4.69) is 24.2 Å². The van der Waals surface area contributed by atoms with Gasteiger partial charge in [-0.1, -0.05) is 37.3 Å². The van der Waals surface area contributed by atoms with Crippen molar-refractivity contribution in [2.24, 2.45) is 5.92 Å². The summed E-state index contributed by atoms with van der Waals surface area (Å²) in [6.45, 7) is 4.34. The van der Waals surface area contributed by atoms with Crippen LogP contribution in [0.25, 0.3) is 0 Å². The predicted molar refractivity (Wildman–Crippen MR) is 71.9 cm³/mol. The Morgan fingerprint density at radius 3 is 2.72 bits per heavy atom. The van der Waals surface area contributed by atoms with Gasteiger partial charge < -0.3 is 10.5 Å². The van der Waals surface area contributed by atoms with E-state index in [4.69, 9.17) is 10.5 Å². The highest BCUT2D eigenvalue weighted by atomic mass is 16.5. The Morgan fingerprint density at radius 1 is 1.28 bits per heavy atom. The van der Waals surface area contributed by atoms with Gasteiger partial charge in [0.25, 0.3) is 0 Å². The second kappa shape index (κ2) is 6.21. The van der Waals surface area contributed by atoms with Crippen LogP contribution in [0.3, 0.4) is 0 Å². The van der Waals surface area contributed by atoms with Crippen LogP contribution >= 0.6 is 0 Å². The topological polar surface area (TPSA) is 53.1 Å². The first kappa shape index (κ1) is 12.6. The second-order valence-electron chi connectivity index (χ2n) is 4.57. The van der Waals surface area contributed by atoms with Gasteiger partial charge in [0.1, 0.15) is 5.82 Å². The standard InChI is InChI=1S/C14H19N3O/c1-12(9-17-8-7-14(15)16-17)10-18-11-13-5-3-2-4-6-13/h2-8,12H,9-11H2,1H3,(H2,15,16). The highest BCUT2D eigenvalue weighted by Crippen LogP contribution is 2.06. The van der Waals surface area contributed by atoms with E-state index in [-0.39, 0.29) is 0 Å². The Labute approximate surface area is 107 Å². The van der Waals surface area contributed by atoms with Crippen LogP contribution < -0.4 is 5.73 Å². The van der Waals surface area contributed by atoms with Crippen LogP contribution in [0.5, 0.6) is 0 Å². The lowest BCUT2D eigenvalue weighted by atomic mass is 10.2. The van der Waals surface area contributed by atoms with Crippen molar-refractivity contribution in [1.82, 2.24) is 9.78 Å². The largest absolute Gasteiger partial charge is 0.382 e. The van der Waals surface area contributed by atoms with E-state index >= 15 is 0 Å².